The van der Waals surface area contributed by atoms with Crippen LogP contribution in [-0.2, 0) is 19.1 Å². The molecule has 0 saturated carbocycles. The molecule has 0 amide bonds. The lowest BCUT2D eigenvalue weighted by Gasteiger charge is -2.04. The summed E-state index contributed by atoms with van der Waals surface area (Å²) < 4.78 is 9.18. The topological polar surface area (TPSA) is 52.6 Å². The number of carbonyl (C=O) groups is 2. The van der Waals surface area contributed by atoms with Gasteiger partial charge < -0.3 is 9.47 Å². The summed E-state index contributed by atoms with van der Waals surface area (Å²) in [6.45, 7) is 8.01. The molecule has 0 bridgehead atoms. The normalized spacial score (nSPS) is 8.69. The Morgan fingerprint density at radius 1 is 1.38 bits per heavy atom. The minimum absolute atomic E-state index is 0.108. The SMILES string of the molecule is C=CCOC(=O)C(=C)COC(C)=O. The molecule has 0 aromatic rings. The lowest BCUT2D eigenvalue weighted by Crippen LogP contribution is -2.13. The molecule has 0 aromatic heterocycles. The van der Waals surface area contributed by atoms with Gasteiger partial charge in [-0.2, -0.15) is 0 Å². The molecule has 0 aromatic carbocycles. The van der Waals surface area contributed by atoms with Gasteiger partial charge in [-0.05, 0) is 0 Å². The Labute approximate surface area is 76.8 Å². The summed E-state index contributed by atoms with van der Waals surface area (Å²) in [6, 6.07) is 0. The van der Waals surface area contributed by atoms with Crippen LogP contribution in [0.15, 0.2) is 24.8 Å². The molecule has 0 atom stereocenters. The van der Waals surface area contributed by atoms with Crippen LogP contribution in [-0.4, -0.2) is 25.2 Å². The fraction of sp³-hybridized carbons (Fsp3) is 0.333. The van der Waals surface area contributed by atoms with E-state index < -0.39 is 11.9 Å². The van der Waals surface area contributed by atoms with Gasteiger partial charge in [0.15, 0.2) is 0 Å². The van der Waals surface area contributed by atoms with Crippen molar-refractivity contribution < 1.29 is 19.1 Å². The van der Waals surface area contributed by atoms with E-state index in [0.29, 0.717) is 0 Å². The molecule has 0 radical (unpaired) electrons. The van der Waals surface area contributed by atoms with E-state index in [-0.39, 0.29) is 18.8 Å². The predicted molar refractivity (Wildman–Crippen MR) is 46.9 cm³/mol. The van der Waals surface area contributed by atoms with Crippen LogP contribution in [0.25, 0.3) is 0 Å². The van der Waals surface area contributed by atoms with Crippen LogP contribution in [0, 0.1) is 0 Å². The predicted octanol–water partition coefficient (Wildman–Crippen LogP) is 0.835. The minimum atomic E-state index is -0.582. The van der Waals surface area contributed by atoms with E-state index in [9.17, 15) is 9.59 Å². The van der Waals surface area contributed by atoms with E-state index in [1.807, 2.05) is 0 Å². The van der Waals surface area contributed by atoms with Crippen molar-refractivity contribution in [2.45, 2.75) is 6.92 Å². The molecule has 0 spiro atoms. The van der Waals surface area contributed by atoms with Crippen molar-refractivity contribution >= 4 is 11.9 Å². The molecule has 4 nitrogen and oxygen atoms in total. The first kappa shape index (κ1) is 11.4. The number of carbonyl (C=O) groups excluding carboxylic acids is 2. The number of ether oxygens (including phenoxy) is 2. The van der Waals surface area contributed by atoms with Crippen LogP contribution >= 0.6 is 0 Å². The molecular weight excluding hydrogens is 172 g/mol. The summed E-state index contributed by atoms with van der Waals surface area (Å²) in [5, 5.41) is 0. The number of rotatable bonds is 5. The lowest BCUT2D eigenvalue weighted by atomic mass is 10.3. The lowest BCUT2D eigenvalue weighted by molar-refractivity contribution is -0.142. The zero-order valence-corrected chi connectivity index (χ0v) is 7.54. The summed E-state index contributed by atoms with van der Waals surface area (Å²) in [6.07, 6.45) is 1.44. The van der Waals surface area contributed by atoms with Crippen molar-refractivity contribution in [3.63, 3.8) is 0 Å². The molecule has 0 aliphatic carbocycles. The van der Waals surface area contributed by atoms with E-state index in [2.05, 4.69) is 22.6 Å². The smallest absolute Gasteiger partial charge is 0.337 e. The minimum Gasteiger partial charge on any atom is -0.461 e. The maximum atomic E-state index is 11.0. The van der Waals surface area contributed by atoms with Crippen LogP contribution in [0.3, 0.4) is 0 Å². The Balaban J connectivity index is 3.76. The van der Waals surface area contributed by atoms with E-state index in [1.54, 1.807) is 0 Å². The van der Waals surface area contributed by atoms with Crippen molar-refractivity contribution in [1.82, 2.24) is 0 Å². The molecule has 0 fully saturated rings. The summed E-state index contributed by atoms with van der Waals surface area (Å²) in [5.74, 6) is -1.04. The van der Waals surface area contributed by atoms with Gasteiger partial charge in [0.05, 0.1) is 5.57 Å². The molecule has 0 unspecified atom stereocenters. The number of esters is 2. The molecule has 13 heavy (non-hydrogen) atoms. The molecule has 0 heterocycles. The fourth-order valence-electron chi connectivity index (χ4n) is 0.484. The van der Waals surface area contributed by atoms with E-state index in [4.69, 9.17) is 0 Å². The van der Waals surface area contributed by atoms with Crippen molar-refractivity contribution in [2.24, 2.45) is 0 Å². The fourth-order valence-corrected chi connectivity index (χ4v) is 0.484. The summed E-state index contributed by atoms with van der Waals surface area (Å²) in [5.41, 5.74) is 0.108. The second-order valence-corrected chi connectivity index (χ2v) is 2.27. The third-order valence-corrected chi connectivity index (χ3v) is 1.07. The average Bonchev–Trinajstić information content (AvgIpc) is 2.10. The van der Waals surface area contributed by atoms with Crippen molar-refractivity contribution in [1.29, 1.82) is 0 Å². The standard InChI is InChI=1S/C9H12O4/c1-4-5-12-9(11)7(2)6-13-8(3)10/h4H,1-2,5-6H2,3H3. The zero-order valence-electron chi connectivity index (χ0n) is 7.54. The van der Waals surface area contributed by atoms with Crippen molar-refractivity contribution in [3.05, 3.63) is 24.8 Å². The third-order valence-electron chi connectivity index (χ3n) is 1.07. The molecule has 0 aliphatic rings. The molecule has 0 saturated heterocycles. The first-order chi connectivity index (χ1) is 6.07. The van der Waals surface area contributed by atoms with Gasteiger partial charge >= 0.3 is 11.9 Å². The monoisotopic (exact) mass is 184 g/mol. The van der Waals surface area contributed by atoms with Gasteiger partial charge in [0.1, 0.15) is 13.2 Å². The Hall–Kier alpha value is -1.58. The number of hydrogen-bond donors (Lipinski definition) is 0. The summed E-state index contributed by atoms with van der Waals surface area (Å²) >= 11 is 0. The summed E-state index contributed by atoms with van der Waals surface area (Å²) in [7, 11) is 0. The van der Waals surface area contributed by atoms with Gasteiger partial charge in [-0.1, -0.05) is 19.2 Å². The first-order valence-corrected chi connectivity index (χ1v) is 3.67. The largest absolute Gasteiger partial charge is 0.461 e. The van der Waals surface area contributed by atoms with Crippen LogP contribution in [0.4, 0.5) is 0 Å². The first-order valence-electron chi connectivity index (χ1n) is 3.67. The van der Waals surface area contributed by atoms with Crippen LogP contribution in [0.1, 0.15) is 6.92 Å². The Morgan fingerprint density at radius 2 is 2.00 bits per heavy atom. The Bertz CT molecular complexity index is 230. The van der Waals surface area contributed by atoms with Crippen LogP contribution in [0.2, 0.25) is 0 Å². The Morgan fingerprint density at radius 3 is 2.46 bits per heavy atom. The van der Waals surface area contributed by atoms with Gasteiger partial charge in [0.2, 0.25) is 0 Å². The summed E-state index contributed by atoms with van der Waals surface area (Å²) in [4.78, 5) is 21.3. The molecule has 72 valence electrons. The Kier molecular flexibility index (Phi) is 5.27. The number of hydrogen-bond acceptors (Lipinski definition) is 4. The maximum absolute atomic E-state index is 11.0. The second kappa shape index (κ2) is 5.99. The van der Waals surface area contributed by atoms with Crippen LogP contribution < -0.4 is 0 Å². The van der Waals surface area contributed by atoms with E-state index in [1.165, 1.54) is 13.0 Å². The highest BCUT2D eigenvalue weighted by Crippen LogP contribution is 1.96. The van der Waals surface area contributed by atoms with Gasteiger partial charge in [0.25, 0.3) is 0 Å². The van der Waals surface area contributed by atoms with Gasteiger partial charge in [-0.15, -0.1) is 0 Å². The molecule has 0 aliphatic heterocycles. The van der Waals surface area contributed by atoms with Gasteiger partial charge in [-0.25, -0.2) is 4.79 Å². The molecular formula is C9H12O4. The maximum Gasteiger partial charge on any atom is 0.337 e. The quantitative estimate of drug-likeness (QED) is 0.361. The van der Waals surface area contributed by atoms with Crippen molar-refractivity contribution in [2.75, 3.05) is 13.2 Å². The second-order valence-electron chi connectivity index (χ2n) is 2.27. The highest BCUT2D eigenvalue weighted by atomic mass is 16.5. The average molecular weight is 184 g/mol. The van der Waals surface area contributed by atoms with Crippen LogP contribution in [0.5, 0.6) is 0 Å². The highest BCUT2D eigenvalue weighted by molar-refractivity contribution is 5.88. The van der Waals surface area contributed by atoms with E-state index >= 15 is 0 Å². The zero-order chi connectivity index (χ0) is 10.3. The molecule has 0 rings (SSSR count). The van der Waals surface area contributed by atoms with E-state index in [0.717, 1.165) is 0 Å². The molecule has 0 N–H and O–H groups in total. The highest BCUT2D eigenvalue weighted by Gasteiger charge is 2.08. The third kappa shape index (κ3) is 5.66. The van der Waals surface area contributed by atoms with Gasteiger partial charge in [0, 0.05) is 6.92 Å². The van der Waals surface area contributed by atoms with Crippen molar-refractivity contribution in [3.8, 4) is 0 Å². The molecule has 4 heteroatoms. The van der Waals surface area contributed by atoms with Gasteiger partial charge in [-0.3, -0.25) is 4.79 Å².